The minimum Gasteiger partial charge on any atom is -0.440 e. The monoisotopic (exact) mass is 560 g/mol. The first-order valence-corrected chi connectivity index (χ1v) is 14.7. The third kappa shape index (κ3) is 6.40. The van der Waals surface area contributed by atoms with Crippen molar-refractivity contribution >= 4 is 18.1 Å². The molecule has 0 bridgehead atoms. The molecule has 2 unspecified atom stereocenters. The van der Waals surface area contributed by atoms with Crippen LogP contribution in [0.5, 0.6) is 23.0 Å². The van der Waals surface area contributed by atoms with Gasteiger partial charge in [0.2, 0.25) is 0 Å². The van der Waals surface area contributed by atoms with Crippen LogP contribution in [0.25, 0.3) is 11.1 Å². The van der Waals surface area contributed by atoms with Crippen molar-refractivity contribution in [2.75, 3.05) is 0 Å². The van der Waals surface area contributed by atoms with E-state index in [1.807, 2.05) is 37.3 Å². The molecule has 0 saturated carbocycles. The molecule has 0 aromatic heterocycles. The molecule has 0 fully saturated rings. The SMILES string of the molecule is Cc1ccc(OPOc2c(C)cc(C)c(C)c2-c2c(C)c(C)cc(C)c2OPOc2ccccc2C)c(C)c1. The third-order valence-corrected chi connectivity index (χ3v) is 8.42. The lowest BCUT2D eigenvalue weighted by Crippen LogP contribution is -2.02. The van der Waals surface area contributed by atoms with Crippen molar-refractivity contribution in [1.82, 2.24) is 0 Å². The molecule has 204 valence electrons. The fraction of sp³-hybridized carbons (Fsp3) is 0.273. The molecule has 4 aromatic rings. The van der Waals surface area contributed by atoms with Gasteiger partial charge in [0.25, 0.3) is 18.1 Å². The lowest BCUT2D eigenvalue weighted by atomic mass is 9.87. The predicted molar refractivity (Wildman–Crippen MR) is 167 cm³/mol. The van der Waals surface area contributed by atoms with E-state index in [0.717, 1.165) is 67.5 Å². The van der Waals surface area contributed by atoms with Gasteiger partial charge in [-0.05, 0) is 119 Å². The minimum atomic E-state index is -0.184. The normalized spacial score (nSPS) is 11.5. The highest BCUT2D eigenvalue weighted by atomic mass is 31.1. The van der Waals surface area contributed by atoms with Gasteiger partial charge in [-0.3, -0.25) is 0 Å². The van der Waals surface area contributed by atoms with Gasteiger partial charge in [-0.25, -0.2) is 0 Å². The van der Waals surface area contributed by atoms with Crippen LogP contribution in [0.2, 0.25) is 0 Å². The van der Waals surface area contributed by atoms with Gasteiger partial charge in [0.05, 0.1) is 0 Å². The van der Waals surface area contributed by atoms with Gasteiger partial charge >= 0.3 is 0 Å². The van der Waals surface area contributed by atoms with Crippen LogP contribution in [-0.2, 0) is 0 Å². The van der Waals surface area contributed by atoms with Crippen molar-refractivity contribution < 1.29 is 18.1 Å². The summed E-state index contributed by atoms with van der Waals surface area (Å²) in [6.07, 6.45) is 0. The summed E-state index contributed by atoms with van der Waals surface area (Å²) in [5, 5.41) is 0. The average Bonchev–Trinajstić information content (AvgIpc) is 2.88. The molecule has 0 aliphatic heterocycles. The Kier molecular flexibility index (Phi) is 9.21. The maximum atomic E-state index is 6.45. The van der Waals surface area contributed by atoms with E-state index in [4.69, 9.17) is 18.1 Å². The molecular formula is C33H38O4P2. The summed E-state index contributed by atoms with van der Waals surface area (Å²) >= 11 is 0. The maximum absolute atomic E-state index is 6.45. The molecule has 0 radical (unpaired) electrons. The largest absolute Gasteiger partial charge is 0.440 e. The molecule has 6 heteroatoms. The number of benzene rings is 4. The van der Waals surface area contributed by atoms with Crippen LogP contribution in [0, 0.1) is 62.3 Å². The fourth-order valence-corrected chi connectivity index (χ4v) is 6.20. The minimum absolute atomic E-state index is 0.182. The van der Waals surface area contributed by atoms with E-state index in [2.05, 4.69) is 79.7 Å². The van der Waals surface area contributed by atoms with Crippen LogP contribution >= 0.6 is 18.1 Å². The summed E-state index contributed by atoms with van der Waals surface area (Å²) in [5.41, 5.74) is 12.3. The third-order valence-electron chi connectivity index (χ3n) is 7.23. The van der Waals surface area contributed by atoms with Crippen molar-refractivity contribution in [3.63, 3.8) is 0 Å². The maximum Gasteiger partial charge on any atom is 0.275 e. The molecule has 0 heterocycles. The van der Waals surface area contributed by atoms with Crippen LogP contribution in [-0.4, -0.2) is 0 Å². The molecule has 4 nitrogen and oxygen atoms in total. The smallest absolute Gasteiger partial charge is 0.275 e. The topological polar surface area (TPSA) is 36.9 Å². The lowest BCUT2D eigenvalue weighted by molar-refractivity contribution is 0.507. The molecule has 4 aromatic carbocycles. The van der Waals surface area contributed by atoms with Crippen molar-refractivity contribution in [3.8, 4) is 34.1 Å². The van der Waals surface area contributed by atoms with E-state index in [9.17, 15) is 0 Å². The van der Waals surface area contributed by atoms with Gasteiger partial charge in [0.15, 0.2) is 0 Å². The highest BCUT2D eigenvalue weighted by Crippen LogP contribution is 2.48. The molecule has 0 aliphatic carbocycles. The Hall–Kier alpha value is -3.06. The van der Waals surface area contributed by atoms with Gasteiger partial charge in [0, 0.05) is 11.1 Å². The van der Waals surface area contributed by atoms with E-state index >= 15 is 0 Å². The van der Waals surface area contributed by atoms with Crippen LogP contribution in [0.3, 0.4) is 0 Å². The second kappa shape index (κ2) is 12.4. The first-order valence-electron chi connectivity index (χ1n) is 13.1. The number of hydrogen-bond donors (Lipinski definition) is 0. The van der Waals surface area contributed by atoms with Crippen molar-refractivity contribution in [2.24, 2.45) is 0 Å². The summed E-state index contributed by atoms with van der Waals surface area (Å²) in [5.74, 6) is 3.31. The quantitative estimate of drug-likeness (QED) is 0.191. The van der Waals surface area contributed by atoms with E-state index in [0.29, 0.717) is 0 Å². The zero-order valence-electron chi connectivity index (χ0n) is 24.3. The lowest BCUT2D eigenvalue weighted by Gasteiger charge is -2.24. The average molecular weight is 561 g/mol. The van der Waals surface area contributed by atoms with Gasteiger partial charge in [-0.2, -0.15) is 0 Å². The van der Waals surface area contributed by atoms with Crippen LogP contribution in [0.1, 0.15) is 50.1 Å². The van der Waals surface area contributed by atoms with E-state index in [-0.39, 0.29) is 18.1 Å². The highest BCUT2D eigenvalue weighted by Gasteiger charge is 2.24. The zero-order valence-corrected chi connectivity index (χ0v) is 26.3. The Balaban J connectivity index is 1.72. The zero-order chi connectivity index (χ0) is 28.3. The van der Waals surface area contributed by atoms with Crippen LogP contribution in [0.15, 0.2) is 54.6 Å². The van der Waals surface area contributed by atoms with Gasteiger partial charge in [-0.15, -0.1) is 0 Å². The Morgan fingerprint density at radius 3 is 1.41 bits per heavy atom. The van der Waals surface area contributed by atoms with Crippen molar-refractivity contribution in [3.05, 3.63) is 105 Å². The second-order valence-electron chi connectivity index (χ2n) is 10.3. The van der Waals surface area contributed by atoms with Gasteiger partial charge in [-0.1, -0.05) is 48.0 Å². The second-order valence-corrected chi connectivity index (χ2v) is 11.4. The van der Waals surface area contributed by atoms with E-state index in [1.165, 1.54) is 16.7 Å². The Morgan fingerprint density at radius 2 is 0.923 bits per heavy atom. The molecule has 0 amide bonds. The molecule has 2 atom stereocenters. The molecule has 39 heavy (non-hydrogen) atoms. The molecular weight excluding hydrogens is 522 g/mol. The number of rotatable bonds is 9. The van der Waals surface area contributed by atoms with E-state index in [1.54, 1.807) is 0 Å². The first kappa shape index (κ1) is 28.9. The summed E-state index contributed by atoms with van der Waals surface area (Å²) in [6.45, 7) is 18.9. The number of para-hydroxylation sites is 1. The Morgan fingerprint density at radius 1 is 0.436 bits per heavy atom. The van der Waals surface area contributed by atoms with Crippen LogP contribution < -0.4 is 18.1 Å². The molecule has 0 spiro atoms. The van der Waals surface area contributed by atoms with Crippen LogP contribution in [0.4, 0.5) is 0 Å². The molecule has 0 aliphatic rings. The van der Waals surface area contributed by atoms with Gasteiger partial charge in [0.1, 0.15) is 23.0 Å². The molecule has 0 saturated heterocycles. The molecule has 0 N–H and O–H groups in total. The highest BCUT2D eigenvalue weighted by molar-refractivity contribution is 7.27. The standard InChI is InChI=1S/C33H38O4P2/c1-19-14-15-29(23(5)16-19)35-39-37-33-25(7)18-22(4)27(9)31(33)30-26(8)21(3)17-24(6)32(30)36-38-34-28-13-11-10-12-20(28)2/h10-18,38-39H,1-9H3. The summed E-state index contributed by atoms with van der Waals surface area (Å²) in [4.78, 5) is 0. The summed E-state index contributed by atoms with van der Waals surface area (Å²) < 4.78 is 25.0. The summed E-state index contributed by atoms with van der Waals surface area (Å²) in [6, 6.07) is 18.5. The Bertz CT molecular complexity index is 1510. The number of hydrogen-bond acceptors (Lipinski definition) is 4. The summed E-state index contributed by atoms with van der Waals surface area (Å²) in [7, 11) is -0.366. The van der Waals surface area contributed by atoms with Crippen molar-refractivity contribution in [2.45, 2.75) is 62.3 Å². The van der Waals surface area contributed by atoms with Gasteiger partial charge < -0.3 is 18.1 Å². The Labute approximate surface area is 237 Å². The van der Waals surface area contributed by atoms with Crippen molar-refractivity contribution in [1.29, 1.82) is 0 Å². The predicted octanol–water partition coefficient (Wildman–Crippen LogP) is 10.1. The fourth-order valence-electron chi connectivity index (χ4n) is 4.79. The van der Waals surface area contributed by atoms with E-state index < -0.39 is 0 Å². The number of aryl methyl sites for hydroxylation is 7. The molecule has 4 rings (SSSR count). The first-order chi connectivity index (χ1) is 18.6.